The molecule has 100 valence electrons. The summed E-state index contributed by atoms with van der Waals surface area (Å²) in [6.45, 7) is 12.2. The summed E-state index contributed by atoms with van der Waals surface area (Å²) in [4.78, 5) is 0. The minimum atomic E-state index is 0.260. The molecule has 2 N–H and O–H groups in total. The zero-order valence-corrected chi connectivity index (χ0v) is 12.3. The van der Waals surface area contributed by atoms with E-state index in [0.717, 1.165) is 19.7 Å². The maximum Gasteiger partial charge on any atom is 0.0715 e. The van der Waals surface area contributed by atoms with Gasteiger partial charge in [0.05, 0.1) is 18.8 Å². The van der Waals surface area contributed by atoms with E-state index in [1.54, 1.807) is 0 Å². The Bertz CT molecular complexity index is 253. The van der Waals surface area contributed by atoms with Crippen LogP contribution in [-0.4, -0.2) is 36.6 Å². The molecule has 0 aromatic carbocycles. The highest BCUT2D eigenvalue weighted by molar-refractivity contribution is 7.98. The van der Waals surface area contributed by atoms with Crippen molar-refractivity contribution >= 4 is 11.9 Å². The van der Waals surface area contributed by atoms with Crippen molar-refractivity contribution in [1.29, 1.82) is 0 Å². The van der Waals surface area contributed by atoms with E-state index < -0.39 is 0 Å². The molecule has 2 atom stereocenters. The average molecular weight is 258 g/mol. The fraction of sp³-hybridized carbons (Fsp3) is 1.00. The highest BCUT2D eigenvalue weighted by atomic mass is 32.2. The molecule has 0 unspecified atom stereocenters. The van der Waals surface area contributed by atoms with Gasteiger partial charge in [0.2, 0.25) is 0 Å². The Hall–Kier alpha value is 0.230. The molecule has 2 saturated heterocycles. The van der Waals surface area contributed by atoms with Gasteiger partial charge in [0, 0.05) is 10.2 Å². The maximum atomic E-state index is 5.92. The van der Waals surface area contributed by atoms with Crippen molar-refractivity contribution in [3.8, 4) is 0 Å². The van der Waals surface area contributed by atoms with Crippen LogP contribution in [0.4, 0.5) is 0 Å². The molecule has 4 heteroatoms. The van der Waals surface area contributed by atoms with Crippen molar-refractivity contribution in [2.24, 2.45) is 5.41 Å². The van der Waals surface area contributed by atoms with Gasteiger partial charge < -0.3 is 10.1 Å². The molecule has 2 fully saturated rings. The van der Waals surface area contributed by atoms with Crippen LogP contribution < -0.4 is 10.0 Å². The number of hydrogen-bond donors (Lipinski definition) is 2. The van der Waals surface area contributed by atoms with E-state index in [-0.39, 0.29) is 4.75 Å². The van der Waals surface area contributed by atoms with Crippen LogP contribution in [-0.2, 0) is 4.74 Å². The summed E-state index contributed by atoms with van der Waals surface area (Å²) in [6, 6.07) is 0.494. The van der Waals surface area contributed by atoms with Crippen molar-refractivity contribution in [2.45, 2.75) is 57.4 Å². The van der Waals surface area contributed by atoms with Gasteiger partial charge in [-0.2, -0.15) is 0 Å². The molecule has 1 spiro atoms. The van der Waals surface area contributed by atoms with Crippen LogP contribution in [0.2, 0.25) is 0 Å². The third-order valence-electron chi connectivity index (χ3n) is 3.85. The van der Waals surface area contributed by atoms with E-state index in [0.29, 0.717) is 17.6 Å². The number of hydrogen-bond acceptors (Lipinski definition) is 4. The molecule has 2 aliphatic rings. The Morgan fingerprint density at radius 1 is 1.29 bits per heavy atom. The van der Waals surface area contributed by atoms with Gasteiger partial charge in [0.1, 0.15) is 0 Å². The van der Waals surface area contributed by atoms with E-state index in [4.69, 9.17) is 4.74 Å². The van der Waals surface area contributed by atoms with Crippen molar-refractivity contribution in [3.05, 3.63) is 0 Å². The van der Waals surface area contributed by atoms with Gasteiger partial charge in [-0.25, -0.2) is 0 Å². The quantitative estimate of drug-likeness (QED) is 0.744. The van der Waals surface area contributed by atoms with E-state index in [2.05, 4.69) is 37.7 Å². The van der Waals surface area contributed by atoms with Crippen LogP contribution in [0, 0.1) is 5.41 Å². The first-order valence-corrected chi connectivity index (χ1v) is 7.50. The number of nitrogens with one attached hydrogen (secondary N) is 2. The fourth-order valence-corrected chi connectivity index (χ4v) is 3.74. The van der Waals surface area contributed by atoms with Gasteiger partial charge in [-0.1, -0.05) is 11.9 Å². The van der Waals surface area contributed by atoms with Crippen LogP contribution in [0.25, 0.3) is 0 Å². The summed E-state index contributed by atoms with van der Waals surface area (Å²) in [5, 5.41) is 3.45. The number of piperidine rings is 1. The van der Waals surface area contributed by atoms with Crippen LogP contribution >= 0.6 is 11.9 Å². The molecule has 0 aromatic rings. The summed E-state index contributed by atoms with van der Waals surface area (Å²) in [6.07, 6.45) is 2.81. The van der Waals surface area contributed by atoms with Gasteiger partial charge in [-0.05, 0) is 53.6 Å². The summed E-state index contributed by atoms with van der Waals surface area (Å²) >= 11 is 1.85. The fourth-order valence-electron chi connectivity index (χ4n) is 2.82. The molecule has 0 radical (unpaired) electrons. The lowest BCUT2D eigenvalue weighted by atomic mass is 9.74. The van der Waals surface area contributed by atoms with E-state index in [1.165, 1.54) is 12.8 Å². The van der Waals surface area contributed by atoms with Gasteiger partial charge in [-0.15, -0.1) is 0 Å². The van der Waals surface area contributed by atoms with E-state index >= 15 is 0 Å². The molecule has 0 aromatic heterocycles. The minimum Gasteiger partial charge on any atom is -0.376 e. The number of rotatable bonds is 2. The molecule has 2 aliphatic heterocycles. The largest absolute Gasteiger partial charge is 0.376 e. The lowest BCUT2D eigenvalue weighted by Gasteiger charge is -2.39. The van der Waals surface area contributed by atoms with Crippen LogP contribution in [0.1, 0.15) is 40.5 Å². The molecular formula is C13H26N2OS. The van der Waals surface area contributed by atoms with Gasteiger partial charge >= 0.3 is 0 Å². The van der Waals surface area contributed by atoms with Crippen molar-refractivity contribution in [1.82, 2.24) is 10.0 Å². The van der Waals surface area contributed by atoms with E-state index in [1.807, 2.05) is 11.9 Å². The molecular weight excluding hydrogens is 232 g/mol. The normalized spacial score (nSPS) is 33.2. The molecule has 17 heavy (non-hydrogen) atoms. The van der Waals surface area contributed by atoms with Gasteiger partial charge in [-0.3, -0.25) is 4.72 Å². The Morgan fingerprint density at radius 2 is 1.94 bits per heavy atom. The second-order valence-electron chi connectivity index (χ2n) is 6.44. The predicted octanol–water partition coefficient (Wildman–Crippen LogP) is 2.18. The van der Waals surface area contributed by atoms with Crippen LogP contribution in [0.5, 0.6) is 0 Å². The van der Waals surface area contributed by atoms with Gasteiger partial charge in [0.25, 0.3) is 0 Å². The zero-order chi connectivity index (χ0) is 12.5. The predicted molar refractivity (Wildman–Crippen MR) is 74.2 cm³/mol. The second kappa shape index (κ2) is 5.08. The third-order valence-corrected chi connectivity index (χ3v) is 4.84. The zero-order valence-electron chi connectivity index (χ0n) is 11.5. The summed E-state index contributed by atoms with van der Waals surface area (Å²) in [5.41, 5.74) is 0.364. The Balaban J connectivity index is 2.00. The topological polar surface area (TPSA) is 33.3 Å². The SMILES string of the molecule is C[C@@H]1OCC2(CCNCC2)[C@@H]1NSC(C)(C)C. The first-order valence-electron chi connectivity index (χ1n) is 6.69. The monoisotopic (exact) mass is 258 g/mol. The Kier molecular flexibility index (Phi) is 4.08. The smallest absolute Gasteiger partial charge is 0.0715 e. The average Bonchev–Trinajstić information content (AvgIpc) is 2.54. The third kappa shape index (κ3) is 3.16. The molecule has 0 amide bonds. The highest BCUT2D eigenvalue weighted by Crippen LogP contribution is 2.42. The number of ether oxygens (including phenoxy) is 1. The van der Waals surface area contributed by atoms with Crippen molar-refractivity contribution in [3.63, 3.8) is 0 Å². The van der Waals surface area contributed by atoms with Crippen LogP contribution in [0.15, 0.2) is 0 Å². The minimum absolute atomic E-state index is 0.260. The molecule has 2 heterocycles. The van der Waals surface area contributed by atoms with Crippen molar-refractivity contribution in [2.75, 3.05) is 19.7 Å². The molecule has 0 aliphatic carbocycles. The Labute approximate surface area is 110 Å². The molecule has 0 saturated carbocycles. The second-order valence-corrected chi connectivity index (χ2v) is 8.10. The lowest BCUT2D eigenvalue weighted by Crippen LogP contribution is -2.50. The molecule has 2 rings (SSSR count). The summed E-state index contributed by atoms with van der Waals surface area (Å²) in [5.74, 6) is 0. The standard InChI is InChI=1S/C13H26N2OS/c1-10-11(15-17-12(2,3)4)13(9-16-10)5-7-14-8-6-13/h10-11,14-15H,5-9H2,1-4H3/t10-,11+/m0/s1. The first-order chi connectivity index (χ1) is 7.93. The molecule has 3 nitrogen and oxygen atoms in total. The highest BCUT2D eigenvalue weighted by Gasteiger charge is 2.48. The summed E-state index contributed by atoms with van der Waals surface area (Å²) in [7, 11) is 0. The molecule has 0 bridgehead atoms. The lowest BCUT2D eigenvalue weighted by molar-refractivity contribution is 0.0951. The van der Waals surface area contributed by atoms with Gasteiger partial charge in [0.15, 0.2) is 0 Å². The van der Waals surface area contributed by atoms with E-state index in [9.17, 15) is 0 Å². The first kappa shape index (κ1) is 13.7. The van der Waals surface area contributed by atoms with Crippen LogP contribution in [0.3, 0.4) is 0 Å². The summed E-state index contributed by atoms with van der Waals surface area (Å²) < 4.78 is 9.88. The maximum absolute atomic E-state index is 5.92. The Morgan fingerprint density at radius 3 is 2.53 bits per heavy atom. The van der Waals surface area contributed by atoms with Crippen molar-refractivity contribution < 1.29 is 4.74 Å².